The van der Waals surface area contributed by atoms with Crippen LogP contribution >= 0.6 is 0 Å². The number of aldehydes is 1. The predicted molar refractivity (Wildman–Crippen MR) is 42.2 cm³/mol. The number of carbonyl (C=O) groups is 1. The van der Waals surface area contributed by atoms with Crippen molar-refractivity contribution in [3.8, 4) is 5.88 Å². The number of aromatic nitrogens is 2. The summed E-state index contributed by atoms with van der Waals surface area (Å²) in [6, 6.07) is 0. The Hall–Kier alpha value is -1.32. The highest BCUT2D eigenvalue weighted by molar-refractivity contribution is 5.75. The van der Waals surface area contributed by atoms with E-state index in [2.05, 4.69) is 4.98 Å². The van der Waals surface area contributed by atoms with Gasteiger partial charge in [0.25, 0.3) is 0 Å². The summed E-state index contributed by atoms with van der Waals surface area (Å²) in [5, 5.41) is 9.44. The maximum Gasteiger partial charge on any atom is 0.222 e. The molecule has 1 N–H and O–H groups in total. The Morgan fingerprint density at radius 1 is 1.50 bits per heavy atom. The molecule has 12 heavy (non-hydrogen) atoms. The highest BCUT2D eigenvalue weighted by Gasteiger charge is 2.17. The Bertz CT molecular complexity index is 317. The van der Waals surface area contributed by atoms with E-state index in [1.165, 1.54) is 0 Å². The van der Waals surface area contributed by atoms with Crippen molar-refractivity contribution in [1.82, 2.24) is 9.55 Å². The van der Waals surface area contributed by atoms with Gasteiger partial charge in [-0.2, -0.15) is 0 Å². The smallest absolute Gasteiger partial charge is 0.222 e. The highest BCUT2D eigenvalue weighted by Crippen LogP contribution is 2.23. The van der Waals surface area contributed by atoms with Crippen LogP contribution in [0.5, 0.6) is 5.88 Å². The fourth-order valence-electron chi connectivity index (χ4n) is 1.57. The van der Waals surface area contributed by atoms with Crippen LogP contribution in [0.4, 0.5) is 0 Å². The zero-order chi connectivity index (χ0) is 8.55. The summed E-state index contributed by atoms with van der Waals surface area (Å²) in [7, 11) is 0. The molecular formula is C8H10N2O2. The molecule has 0 aliphatic carbocycles. The van der Waals surface area contributed by atoms with E-state index in [0.29, 0.717) is 6.29 Å². The molecule has 4 nitrogen and oxygen atoms in total. The first kappa shape index (κ1) is 7.34. The largest absolute Gasteiger partial charge is 0.493 e. The normalized spacial score (nSPS) is 15.7. The van der Waals surface area contributed by atoms with Crippen LogP contribution in [-0.2, 0) is 13.0 Å². The summed E-state index contributed by atoms with van der Waals surface area (Å²) < 4.78 is 1.72. The van der Waals surface area contributed by atoms with Crippen LogP contribution in [0, 0.1) is 0 Å². The maximum absolute atomic E-state index is 10.4. The van der Waals surface area contributed by atoms with Crippen LogP contribution in [0.1, 0.15) is 29.2 Å². The number of fused-ring (bicyclic) bond motifs is 1. The number of aromatic hydroxyl groups is 1. The molecule has 0 radical (unpaired) electrons. The van der Waals surface area contributed by atoms with Gasteiger partial charge in [-0.1, -0.05) is 0 Å². The van der Waals surface area contributed by atoms with Gasteiger partial charge in [-0.25, -0.2) is 4.98 Å². The monoisotopic (exact) mass is 166 g/mol. The lowest BCUT2D eigenvalue weighted by molar-refractivity contribution is 0.111. The van der Waals surface area contributed by atoms with Crippen molar-refractivity contribution in [2.45, 2.75) is 25.8 Å². The van der Waals surface area contributed by atoms with Gasteiger partial charge in [0.15, 0.2) is 12.0 Å². The first-order valence-corrected chi connectivity index (χ1v) is 4.06. The van der Waals surface area contributed by atoms with E-state index in [9.17, 15) is 9.90 Å². The van der Waals surface area contributed by atoms with E-state index in [4.69, 9.17) is 0 Å². The zero-order valence-corrected chi connectivity index (χ0v) is 6.66. The predicted octanol–water partition coefficient (Wildman–Crippen LogP) is 0.737. The molecule has 1 aromatic rings. The number of carbonyl (C=O) groups excluding carboxylic acids is 1. The van der Waals surface area contributed by atoms with Crippen molar-refractivity contribution in [3.05, 3.63) is 11.5 Å². The second-order valence-electron chi connectivity index (χ2n) is 2.96. The molecule has 0 saturated heterocycles. The van der Waals surface area contributed by atoms with Gasteiger partial charge >= 0.3 is 0 Å². The molecule has 1 aliphatic heterocycles. The third kappa shape index (κ3) is 0.913. The Morgan fingerprint density at radius 2 is 2.33 bits per heavy atom. The van der Waals surface area contributed by atoms with Crippen LogP contribution in [0.3, 0.4) is 0 Å². The SMILES string of the molecule is O=Cc1nc2n(c1O)CCCC2. The van der Waals surface area contributed by atoms with Gasteiger partial charge in [0.1, 0.15) is 5.82 Å². The number of hydrogen-bond acceptors (Lipinski definition) is 3. The summed E-state index contributed by atoms with van der Waals surface area (Å²) in [4.78, 5) is 14.4. The summed E-state index contributed by atoms with van der Waals surface area (Å²) in [6.07, 6.45) is 3.60. The molecule has 0 fully saturated rings. The van der Waals surface area contributed by atoms with Crippen LogP contribution in [0.2, 0.25) is 0 Å². The van der Waals surface area contributed by atoms with Gasteiger partial charge in [0, 0.05) is 13.0 Å². The molecule has 4 heteroatoms. The number of nitrogens with zero attached hydrogens (tertiary/aromatic N) is 2. The average molecular weight is 166 g/mol. The van der Waals surface area contributed by atoms with Crippen LogP contribution < -0.4 is 0 Å². The maximum atomic E-state index is 10.4. The van der Waals surface area contributed by atoms with Gasteiger partial charge in [-0.15, -0.1) is 0 Å². The Balaban J connectivity index is 2.51. The van der Waals surface area contributed by atoms with Gasteiger partial charge in [-0.05, 0) is 12.8 Å². The van der Waals surface area contributed by atoms with E-state index in [1.807, 2.05) is 0 Å². The summed E-state index contributed by atoms with van der Waals surface area (Å²) in [6.45, 7) is 0.780. The lowest BCUT2D eigenvalue weighted by Gasteiger charge is -2.13. The van der Waals surface area contributed by atoms with Crippen LogP contribution in [0.25, 0.3) is 0 Å². The lowest BCUT2D eigenvalue weighted by atomic mass is 10.2. The molecule has 0 spiro atoms. The molecule has 0 amide bonds. The number of aryl methyl sites for hydroxylation is 1. The van der Waals surface area contributed by atoms with Gasteiger partial charge in [0.2, 0.25) is 5.88 Å². The molecule has 0 saturated carbocycles. The molecule has 0 aromatic carbocycles. The van der Waals surface area contributed by atoms with Crippen molar-refractivity contribution in [2.24, 2.45) is 0 Å². The Labute approximate surface area is 69.8 Å². The van der Waals surface area contributed by atoms with Crippen molar-refractivity contribution in [3.63, 3.8) is 0 Å². The van der Waals surface area contributed by atoms with Crippen molar-refractivity contribution < 1.29 is 9.90 Å². The molecule has 0 unspecified atom stereocenters. The molecule has 2 heterocycles. The lowest BCUT2D eigenvalue weighted by Crippen LogP contribution is -2.09. The van der Waals surface area contributed by atoms with Gasteiger partial charge < -0.3 is 5.11 Å². The third-order valence-electron chi connectivity index (χ3n) is 2.19. The summed E-state index contributed by atoms with van der Waals surface area (Å²) in [5.41, 5.74) is 0.173. The summed E-state index contributed by atoms with van der Waals surface area (Å²) in [5.74, 6) is 0.862. The molecule has 1 aliphatic rings. The molecular weight excluding hydrogens is 156 g/mol. The Morgan fingerprint density at radius 3 is 3.00 bits per heavy atom. The molecule has 64 valence electrons. The van der Waals surface area contributed by atoms with E-state index in [-0.39, 0.29) is 11.6 Å². The fourth-order valence-corrected chi connectivity index (χ4v) is 1.57. The second kappa shape index (κ2) is 2.62. The average Bonchev–Trinajstić information content (AvgIpc) is 2.44. The van der Waals surface area contributed by atoms with E-state index in [1.54, 1.807) is 4.57 Å². The number of imidazole rings is 1. The highest BCUT2D eigenvalue weighted by atomic mass is 16.3. The van der Waals surface area contributed by atoms with Crippen LogP contribution in [0.15, 0.2) is 0 Å². The quantitative estimate of drug-likeness (QED) is 0.626. The fraction of sp³-hybridized carbons (Fsp3) is 0.500. The number of rotatable bonds is 1. The minimum absolute atomic E-state index is 0.0275. The topological polar surface area (TPSA) is 55.1 Å². The molecule has 1 aromatic heterocycles. The molecule has 0 bridgehead atoms. The Kier molecular flexibility index (Phi) is 1.60. The summed E-state index contributed by atoms with van der Waals surface area (Å²) >= 11 is 0. The van der Waals surface area contributed by atoms with Crippen LogP contribution in [-0.4, -0.2) is 20.9 Å². The number of hydrogen-bond donors (Lipinski definition) is 1. The van der Waals surface area contributed by atoms with E-state index in [0.717, 1.165) is 31.6 Å². The molecule has 2 rings (SSSR count). The van der Waals surface area contributed by atoms with Crippen molar-refractivity contribution in [2.75, 3.05) is 0 Å². The first-order valence-electron chi connectivity index (χ1n) is 4.06. The van der Waals surface area contributed by atoms with Crippen molar-refractivity contribution >= 4 is 6.29 Å². The van der Waals surface area contributed by atoms with E-state index >= 15 is 0 Å². The van der Waals surface area contributed by atoms with Gasteiger partial charge in [0.05, 0.1) is 0 Å². The first-order chi connectivity index (χ1) is 5.83. The molecule has 0 atom stereocenters. The minimum atomic E-state index is 0.0275. The third-order valence-corrected chi connectivity index (χ3v) is 2.19. The van der Waals surface area contributed by atoms with Gasteiger partial charge in [-0.3, -0.25) is 9.36 Å². The van der Waals surface area contributed by atoms with E-state index < -0.39 is 0 Å². The zero-order valence-electron chi connectivity index (χ0n) is 6.66. The standard InChI is InChI=1S/C8H10N2O2/c11-5-6-8(12)10-4-2-1-3-7(10)9-6/h5,12H,1-4H2. The van der Waals surface area contributed by atoms with Crippen molar-refractivity contribution in [1.29, 1.82) is 0 Å². The minimum Gasteiger partial charge on any atom is -0.493 e. The second-order valence-corrected chi connectivity index (χ2v) is 2.96.